The fourth-order valence-corrected chi connectivity index (χ4v) is 5.65. The van der Waals surface area contributed by atoms with E-state index in [4.69, 9.17) is 47.2 Å². The molecule has 0 radical (unpaired) electrons. The maximum Gasteiger partial charge on any atom is 0.475 e. The Morgan fingerprint density at radius 1 is 1.36 bits per heavy atom. The number of phosphoric ester groups is 1. The first-order valence-electron chi connectivity index (χ1n) is 9.92. The highest BCUT2D eigenvalue weighted by molar-refractivity contribution is 7.48. The summed E-state index contributed by atoms with van der Waals surface area (Å²) >= 11 is 12.1. The zero-order valence-electron chi connectivity index (χ0n) is 17.3. The molecule has 2 aliphatic heterocycles. The number of halogens is 2. The van der Waals surface area contributed by atoms with Gasteiger partial charge in [-0.15, -0.1) is 0 Å². The number of hydrogen-bond donors (Lipinski definition) is 3. The summed E-state index contributed by atoms with van der Waals surface area (Å²) in [5, 5.41) is 22.2. The van der Waals surface area contributed by atoms with Crippen molar-refractivity contribution in [3.63, 3.8) is 0 Å². The first kappa shape index (κ1) is 24.6. The summed E-state index contributed by atoms with van der Waals surface area (Å²) in [5.41, 5.74) is 3.43. The SMILES string of the molecule is C[C@@]1(O)[C@H](O)[C@@H](COP2(=O)OCCC(c3cc(Cl)cc(Cl)c3)O2)O[C@H]1n1ccc(N)nc1=O. The summed E-state index contributed by atoms with van der Waals surface area (Å²) in [6.07, 6.45) is -2.92. The smallest absolute Gasteiger partial charge is 0.387 e. The Morgan fingerprint density at radius 2 is 2.06 bits per heavy atom. The van der Waals surface area contributed by atoms with Gasteiger partial charge >= 0.3 is 13.5 Å². The van der Waals surface area contributed by atoms with Crippen LogP contribution in [0.3, 0.4) is 0 Å². The molecule has 1 aromatic carbocycles. The monoisotopic (exact) mass is 521 g/mol. The number of benzene rings is 1. The molecular formula is C19H22Cl2N3O8P. The normalized spacial score (nSPS) is 34.5. The number of aliphatic hydroxyl groups is 2. The minimum Gasteiger partial charge on any atom is -0.387 e. The van der Waals surface area contributed by atoms with Crippen molar-refractivity contribution in [3.8, 4) is 0 Å². The summed E-state index contributed by atoms with van der Waals surface area (Å²) < 4.78 is 35.9. The average molecular weight is 522 g/mol. The Balaban J connectivity index is 1.46. The van der Waals surface area contributed by atoms with E-state index in [1.54, 1.807) is 18.2 Å². The summed E-state index contributed by atoms with van der Waals surface area (Å²) in [6.45, 7) is 0.915. The highest BCUT2D eigenvalue weighted by Crippen LogP contribution is 2.57. The second kappa shape index (κ2) is 9.26. The third-order valence-corrected chi connectivity index (χ3v) is 7.31. The lowest BCUT2D eigenvalue weighted by Crippen LogP contribution is -2.46. The van der Waals surface area contributed by atoms with E-state index in [0.29, 0.717) is 22.0 Å². The van der Waals surface area contributed by atoms with E-state index in [0.717, 1.165) is 4.57 Å². The number of phosphoric acid groups is 1. The summed E-state index contributed by atoms with van der Waals surface area (Å²) in [5.74, 6) is -0.00504. The molecule has 2 aromatic rings. The first-order chi connectivity index (χ1) is 15.5. The molecule has 0 amide bonds. The van der Waals surface area contributed by atoms with Gasteiger partial charge in [0.15, 0.2) is 6.23 Å². The lowest BCUT2D eigenvalue weighted by molar-refractivity contribution is -0.0989. The van der Waals surface area contributed by atoms with Gasteiger partial charge in [0.05, 0.1) is 19.3 Å². The highest BCUT2D eigenvalue weighted by atomic mass is 35.5. The van der Waals surface area contributed by atoms with Gasteiger partial charge in [-0.25, -0.2) is 9.36 Å². The Hall–Kier alpha value is -1.53. The van der Waals surface area contributed by atoms with Crippen LogP contribution < -0.4 is 11.4 Å². The molecule has 11 nitrogen and oxygen atoms in total. The zero-order valence-corrected chi connectivity index (χ0v) is 19.7. The van der Waals surface area contributed by atoms with Gasteiger partial charge in [-0.2, -0.15) is 4.98 Å². The number of hydrogen-bond acceptors (Lipinski definition) is 10. The molecule has 0 aliphatic carbocycles. The van der Waals surface area contributed by atoms with Crippen LogP contribution >= 0.6 is 31.0 Å². The molecule has 0 saturated carbocycles. The van der Waals surface area contributed by atoms with E-state index in [-0.39, 0.29) is 12.4 Å². The van der Waals surface area contributed by atoms with Crippen LogP contribution in [0.25, 0.3) is 0 Å². The topological polar surface area (TPSA) is 155 Å². The standard InChI is InChI=1S/C19H22Cl2N3O8P/c1-19(27)16(25)14(31-17(19)24-4-2-15(22)23-18(24)26)9-30-33(28)29-5-3-13(32-33)10-6-11(20)8-12(21)7-10/h2,4,6-8,13-14,16-17,25,27H,3,5,9H2,1H3,(H2,22,23,26)/t13?,14-,16-,17-,19-,33?/m1/s1. The Kier molecular flexibility index (Phi) is 6.90. The van der Waals surface area contributed by atoms with Gasteiger partial charge < -0.3 is 20.7 Å². The molecule has 2 saturated heterocycles. The van der Waals surface area contributed by atoms with Crippen molar-refractivity contribution < 1.29 is 33.1 Å². The van der Waals surface area contributed by atoms with Crippen molar-refractivity contribution in [2.75, 3.05) is 18.9 Å². The first-order valence-corrected chi connectivity index (χ1v) is 12.1. The van der Waals surface area contributed by atoms with Crippen molar-refractivity contribution in [2.24, 2.45) is 0 Å². The number of nitrogen functional groups attached to an aromatic ring is 1. The number of aromatic nitrogens is 2. The maximum atomic E-state index is 13.0. The quantitative estimate of drug-likeness (QED) is 0.499. The van der Waals surface area contributed by atoms with Gasteiger partial charge in [-0.1, -0.05) is 23.2 Å². The Bertz CT molecular complexity index is 1130. The molecule has 2 fully saturated rings. The molecule has 4 rings (SSSR count). The number of nitrogens with two attached hydrogens (primary N) is 1. The van der Waals surface area contributed by atoms with Crippen molar-refractivity contribution >= 4 is 36.8 Å². The predicted octanol–water partition coefficient (Wildman–Crippen LogP) is 2.44. The molecule has 0 spiro atoms. The van der Waals surface area contributed by atoms with E-state index in [2.05, 4.69) is 4.98 Å². The number of ether oxygens (including phenoxy) is 1. The molecule has 4 N–H and O–H groups in total. The molecule has 1 aromatic heterocycles. The highest BCUT2D eigenvalue weighted by Gasteiger charge is 2.54. The van der Waals surface area contributed by atoms with Crippen molar-refractivity contribution in [2.45, 2.75) is 43.5 Å². The van der Waals surface area contributed by atoms with Crippen LogP contribution in [0.15, 0.2) is 35.3 Å². The van der Waals surface area contributed by atoms with Gasteiger partial charge in [-0.3, -0.25) is 18.1 Å². The molecule has 6 atom stereocenters. The molecule has 33 heavy (non-hydrogen) atoms. The van der Waals surface area contributed by atoms with E-state index < -0.39 is 50.3 Å². The van der Waals surface area contributed by atoms with E-state index >= 15 is 0 Å². The molecule has 2 unspecified atom stereocenters. The van der Waals surface area contributed by atoms with E-state index in [1.165, 1.54) is 19.2 Å². The second-order valence-electron chi connectivity index (χ2n) is 7.90. The van der Waals surface area contributed by atoms with Gasteiger partial charge in [0.2, 0.25) is 0 Å². The molecule has 3 heterocycles. The molecular weight excluding hydrogens is 500 g/mol. The minimum absolute atomic E-state index is 0.00504. The van der Waals surface area contributed by atoms with Crippen LogP contribution in [0.4, 0.5) is 5.82 Å². The Morgan fingerprint density at radius 3 is 2.73 bits per heavy atom. The zero-order chi connectivity index (χ0) is 24.0. The number of aliphatic hydroxyl groups excluding tert-OH is 1. The third kappa shape index (κ3) is 5.12. The Labute approximate surface area is 198 Å². The van der Waals surface area contributed by atoms with Crippen molar-refractivity contribution in [1.29, 1.82) is 0 Å². The van der Waals surface area contributed by atoms with Crippen LogP contribution in [0.2, 0.25) is 10.0 Å². The van der Waals surface area contributed by atoms with Gasteiger partial charge in [0.1, 0.15) is 23.6 Å². The summed E-state index contributed by atoms with van der Waals surface area (Å²) in [4.78, 5) is 15.8. The van der Waals surface area contributed by atoms with Gasteiger partial charge in [0.25, 0.3) is 0 Å². The molecule has 2 aliphatic rings. The molecule has 180 valence electrons. The maximum absolute atomic E-state index is 13.0. The van der Waals surface area contributed by atoms with Crippen LogP contribution in [0.1, 0.15) is 31.2 Å². The van der Waals surface area contributed by atoms with Crippen LogP contribution in [0, 0.1) is 0 Å². The average Bonchev–Trinajstić information content (AvgIpc) is 2.95. The lowest BCUT2D eigenvalue weighted by Gasteiger charge is -2.30. The number of anilines is 1. The number of rotatable bonds is 5. The fraction of sp³-hybridized carbons (Fsp3) is 0.474. The summed E-state index contributed by atoms with van der Waals surface area (Å²) in [7, 11) is -4.05. The van der Waals surface area contributed by atoms with Crippen LogP contribution in [0.5, 0.6) is 0 Å². The molecule has 14 heteroatoms. The molecule has 0 bridgehead atoms. The largest absolute Gasteiger partial charge is 0.475 e. The predicted molar refractivity (Wildman–Crippen MR) is 118 cm³/mol. The third-order valence-electron chi connectivity index (χ3n) is 5.40. The van der Waals surface area contributed by atoms with Gasteiger partial charge in [-0.05, 0) is 36.8 Å². The van der Waals surface area contributed by atoms with E-state index in [1.807, 2.05) is 0 Å². The second-order valence-corrected chi connectivity index (χ2v) is 10.4. The fourth-order valence-electron chi connectivity index (χ4n) is 3.71. The van der Waals surface area contributed by atoms with Crippen molar-refractivity contribution in [1.82, 2.24) is 9.55 Å². The number of nitrogens with zero attached hydrogens (tertiary/aromatic N) is 2. The van der Waals surface area contributed by atoms with Crippen molar-refractivity contribution in [3.05, 3.63) is 56.6 Å². The van der Waals surface area contributed by atoms with Gasteiger partial charge in [0, 0.05) is 22.7 Å². The van der Waals surface area contributed by atoms with Crippen LogP contribution in [-0.4, -0.2) is 50.8 Å². The van der Waals surface area contributed by atoms with E-state index in [9.17, 15) is 19.6 Å². The summed E-state index contributed by atoms with van der Waals surface area (Å²) in [6, 6.07) is 6.18. The van der Waals surface area contributed by atoms with Crippen LogP contribution in [-0.2, 0) is 22.9 Å². The minimum atomic E-state index is -4.05. The lowest BCUT2D eigenvalue weighted by atomic mass is 9.96.